The third kappa shape index (κ3) is 3.60. The SMILES string of the molecule is C[Si](C)O[C@@H]([C@H]1CNc2ccccc2C1)C(C)(C)C. The summed E-state index contributed by atoms with van der Waals surface area (Å²) in [6, 6.07) is 8.64. The Morgan fingerprint density at radius 2 is 1.95 bits per heavy atom. The summed E-state index contributed by atoms with van der Waals surface area (Å²) >= 11 is 0. The first kappa shape index (κ1) is 14.6. The van der Waals surface area contributed by atoms with Gasteiger partial charge in [0.25, 0.3) is 0 Å². The second kappa shape index (κ2) is 5.67. The van der Waals surface area contributed by atoms with Crippen molar-refractivity contribution in [1.29, 1.82) is 0 Å². The number of para-hydroxylation sites is 1. The van der Waals surface area contributed by atoms with E-state index in [1.165, 1.54) is 11.3 Å². The third-order valence-corrected chi connectivity index (χ3v) is 4.42. The highest BCUT2D eigenvalue weighted by molar-refractivity contribution is 6.48. The summed E-state index contributed by atoms with van der Waals surface area (Å²) in [6.07, 6.45) is 1.46. The Bertz CT molecular complexity index is 425. The maximum absolute atomic E-state index is 6.33. The molecule has 0 spiro atoms. The predicted octanol–water partition coefficient (Wildman–Crippen LogP) is 3.95. The maximum Gasteiger partial charge on any atom is 0.205 e. The lowest BCUT2D eigenvalue weighted by atomic mass is 9.77. The van der Waals surface area contributed by atoms with E-state index in [4.69, 9.17) is 4.43 Å². The minimum atomic E-state index is -0.669. The molecule has 0 fully saturated rings. The van der Waals surface area contributed by atoms with Gasteiger partial charge >= 0.3 is 0 Å². The summed E-state index contributed by atoms with van der Waals surface area (Å²) in [5, 5.41) is 3.57. The molecule has 19 heavy (non-hydrogen) atoms. The number of anilines is 1. The Hall–Kier alpha value is -0.803. The molecule has 1 aromatic rings. The molecule has 0 aliphatic carbocycles. The van der Waals surface area contributed by atoms with Crippen LogP contribution in [-0.2, 0) is 10.8 Å². The molecule has 2 rings (SSSR count). The van der Waals surface area contributed by atoms with Crippen LogP contribution in [0.1, 0.15) is 26.3 Å². The van der Waals surface area contributed by atoms with Crippen LogP contribution in [0.5, 0.6) is 0 Å². The molecule has 1 N–H and O–H groups in total. The van der Waals surface area contributed by atoms with Gasteiger partial charge in [-0.25, -0.2) is 0 Å². The van der Waals surface area contributed by atoms with Gasteiger partial charge in [0.15, 0.2) is 0 Å². The van der Waals surface area contributed by atoms with Gasteiger partial charge < -0.3 is 9.74 Å². The minimum absolute atomic E-state index is 0.195. The molecule has 2 atom stereocenters. The van der Waals surface area contributed by atoms with E-state index in [2.05, 4.69) is 63.4 Å². The van der Waals surface area contributed by atoms with Crippen molar-refractivity contribution < 1.29 is 4.43 Å². The van der Waals surface area contributed by atoms with Crippen LogP contribution in [-0.4, -0.2) is 21.7 Å². The Morgan fingerprint density at radius 1 is 1.26 bits per heavy atom. The maximum atomic E-state index is 6.33. The molecule has 1 aliphatic rings. The van der Waals surface area contributed by atoms with Gasteiger partial charge in [0.05, 0.1) is 6.10 Å². The van der Waals surface area contributed by atoms with Crippen molar-refractivity contribution in [2.75, 3.05) is 11.9 Å². The van der Waals surface area contributed by atoms with Crippen molar-refractivity contribution in [3.8, 4) is 0 Å². The predicted molar refractivity (Wildman–Crippen MR) is 83.9 cm³/mol. The molecule has 3 heteroatoms. The van der Waals surface area contributed by atoms with Crippen LogP contribution in [0, 0.1) is 11.3 Å². The lowest BCUT2D eigenvalue weighted by Crippen LogP contribution is -2.44. The molecule has 0 saturated heterocycles. The average molecular weight is 276 g/mol. The van der Waals surface area contributed by atoms with Crippen LogP contribution < -0.4 is 5.32 Å². The molecule has 0 saturated carbocycles. The summed E-state index contributed by atoms with van der Waals surface area (Å²) in [4.78, 5) is 0. The average Bonchev–Trinajstić information content (AvgIpc) is 2.34. The summed E-state index contributed by atoms with van der Waals surface area (Å²) in [7, 11) is -0.669. The standard InChI is InChI=1S/C16H26NOSi/c1-16(2,3)15(18-19(4)5)13-10-12-8-6-7-9-14(12)17-11-13/h6-9,13,15,17H,10-11H2,1-5H3/t13-,15+/m1/s1. The molecular weight excluding hydrogens is 250 g/mol. The van der Waals surface area contributed by atoms with E-state index in [0.29, 0.717) is 12.0 Å². The molecule has 2 nitrogen and oxygen atoms in total. The number of hydrogen-bond donors (Lipinski definition) is 1. The molecule has 0 bridgehead atoms. The molecule has 0 aromatic heterocycles. The third-order valence-electron chi connectivity index (χ3n) is 3.70. The van der Waals surface area contributed by atoms with E-state index in [1.807, 2.05) is 0 Å². The molecule has 1 aromatic carbocycles. The van der Waals surface area contributed by atoms with Crippen molar-refractivity contribution in [2.45, 2.75) is 46.4 Å². The van der Waals surface area contributed by atoms with Gasteiger partial charge in [-0.05, 0) is 36.6 Å². The zero-order valence-electron chi connectivity index (χ0n) is 12.8. The van der Waals surface area contributed by atoms with E-state index in [1.54, 1.807) is 0 Å². The molecule has 1 aliphatic heterocycles. The smallest absolute Gasteiger partial charge is 0.205 e. The van der Waals surface area contributed by atoms with Gasteiger partial charge in [0.1, 0.15) is 0 Å². The molecule has 1 heterocycles. The summed E-state index contributed by atoms with van der Waals surface area (Å²) < 4.78 is 6.33. The number of hydrogen-bond acceptors (Lipinski definition) is 2. The summed E-state index contributed by atoms with van der Waals surface area (Å²) in [6.45, 7) is 12.4. The fourth-order valence-electron chi connectivity index (χ4n) is 2.91. The van der Waals surface area contributed by atoms with Gasteiger partial charge in [-0.3, -0.25) is 0 Å². The van der Waals surface area contributed by atoms with Crippen molar-refractivity contribution >= 4 is 14.7 Å². The van der Waals surface area contributed by atoms with Crippen molar-refractivity contribution in [1.82, 2.24) is 0 Å². The van der Waals surface area contributed by atoms with E-state index in [0.717, 1.165) is 13.0 Å². The minimum Gasteiger partial charge on any atom is -0.413 e. The van der Waals surface area contributed by atoms with Crippen LogP contribution in [0.15, 0.2) is 24.3 Å². The quantitative estimate of drug-likeness (QED) is 0.844. The van der Waals surface area contributed by atoms with E-state index < -0.39 is 9.04 Å². The van der Waals surface area contributed by atoms with Gasteiger partial charge in [-0.1, -0.05) is 39.0 Å². The Balaban J connectivity index is 2.16. The Labute approximate surface area is 119 Å². The highest BCUT2D eigenvalue weighted by atomic mass is 28.3. The largest absolute Gasteiger partial charge is 0.413 e. The fraction of sp³-hybridized carbons (Fsp3) is 0.625. The number of fused-ring (bicyclic) bond motifs is 1. The second-order valence-electron chi connectivity index (χ2n) is 6.81. The fourth-order valence-corrected chi connectivity index (χ4v) is 3.97. The van der Waals surface area contributed by atoms with Crippen LogP contribution in [0.3, 0.4) is 0 Å². The van der Waals surface area contributed by atoms with Crippen molar-refractivity contribution in [3.63, 3.8) is 0 Å². The lowest BCUT2D eigenvalue weighted by molar-refractivity contribution is 0.0364. The van der Waals surface area contributed by atoms with E-state index >= 15 is 0 Å². The number of benzene rings is 1. The highest BCUT2D eigenvalue weighted by Gasteiger charge is 2.35. The number of rotatable bonds is 3. The van der Waals surface area contributed by atoms with Crippen LogP contribution in [0.4, 0.5) is 5.69 Å². The summed E-state index contributed by atoms with van der Waals surface area (Å²) in [5.74, 6) is 0.565. The van der Waals surface area contributed by atoms with Gasteiger partial charge in [-0.15, -0.1) is 0 Å². The first-order valence-electron chi connectivity index (χ1n) is 7.16. The van der Waals surface area contributed by atoms with Crippen LogP contribution in [0.25, 0.3) is 0 Å². The molecular formula is C16H26NOSi. The molecule has 1 radical (unpaired) electrons. The summed E-state index contributed by atoms with van der Waals surface area (Å²) in [5.41, 5.74) is 2.92. The Kier molecular flexibility index (Phi) is 4.36. The Morgan fingerprint density at radius 3 is 2.58 bits per heavy atom. The molecule has 105 valence electrons. The molecule has 0 amide bonds. The van der Waals surface area contributed by atoms with Crippen LogP contribution >= 0.6 is 0 Å². The van der Waals surface area contributed by atoms with Crippen molar-refractivity contribution in [3.05, 3.63) is 29.8 Å². The zero-order valence-corrected chi connectivity index (χ0v) is 13.8. The topological polar surface area (TPSA) is 21.3 Å². The van der Waals surface area contributed by atoms with E-state index in [9.17, 15) is 0 Å². The second-order valence-corrected chi connectivity index (χ2v) is 8.87. The first-order chi connectivity index (χ1) is 8.88. The van der Waals surface area contributed by atoms with Crippen LogP contribution in [0.2, 0.25) is 13.1 Å². The van der Waals surface area contributed by atoms with Crippen molar-refractivity contribution in [2.24, 2.45) is 11.3 Å². The number of nitrogens with one attached hydrogen (secondary N) is 1. The molecule has 0 unspecified atom stereocenters. The van der Waals surface area contributed by atoms with Gasteiger partial charge in [-0.2, -0.15) is 0 Å². The first-order valence-corrected chi connectivity index (χ1v) is 9.57. The van der Waals surface area contributed by atoms with E-state index in [-0.39, 0.29) is 5.41 Å². The zero-order chi connectivity index (χ0) is 14.0. The highest BCUT2D eigenvalue weighted by Crippen LogP contribution is 2.34. The normalized spacial score (nSPS) is 20.8. The van der Waals surface area contributed by atoms with Gasteiger partial charge in [0.2, 0.25) is 9.04 Å². The van der Waals surface area contributed by atoms with Gasteiger partial charge in [0, 0.05) is 18.2 Å². The lowest BCUT2D eigenvalue weighted by Gasteiger charge is -2.40. The monoisotopic (exact) mass is 276 g/mol.